The largest absolute Gasteiger partial charge is 0.481 e. The van der Waals surface area contributed by atoms with Crippen LogP contribution in [0.15, 0.2) is 30.3 Å². The first kappa shape index (κ1) is 16.2. The van der Waals surface area contributed by atoms with Crippen LogP contribution in [-0.2, 0) is 11.3 Å². The van der Waals surface area contributed by atoms with Crippen molar-refractivity contribution in [1.82, 2.24) is 10.2 Å². The molecule has 6 heteroatoms. The van der Waals surface area contributed by atoms with Gasteiger partial charge in [0.15, 0.2) is 0 Å². The number of hydrogen-bond acceptors (Lipinski definition) is 3. The lowest BCUT2D eigenvalue weighted by Gasteiger charge is -2.27. The Morgan fingerprint density at radius 1 is 1.30 bits per heavy atom. The van der Waals surface area contributed by atoms with Crippen LogP contribution in [0.5, 0.6) is 0 Å². The Balaban J connectivity index is 1.61. The Morgan fingerprint density at radius 2 is 2.09 bits per heavy atom. The zero-order valence-corrected chi connectivity index (χ0v) is 13.8. The number of carboxylic acids is 1. The number of hydrogen-bond donors (Lipinski definition) is 2. The van der Waals surface area contributed by atoms with Gasteiger partial charge >= 0.3 is 12.0 Å². The molecule has 2 fully saturated rings. The molecule has 3 rings (SSSR count). The number of nitrogens with zero attached hydrogens (tertiary/aromatic N) is 1. The lowest BCUT2D eigenvalue weighted by molar-refractivity contribution is -0.137. The molecule has 0 bridgehead atoms. The van der Waals surface area contributed by atoms with Gasteiger partial charge in [0, 0.05) is 24.0 Å². The molecule has 0 radical (unpaired) electrons. The first-order chi connectivity index (χ1) is 11.1. The Bertz CT molecular complexity index is 566. The second-order valence-electron chi connectivity index (χ2n) is 6.17. The summed E-state index contributed by atoms with van der Waals surface area (Å²) in [5.41, 5.74) is 1.14. The molecule has 2 aliphatic rings. The number of carbonyl (C=O) groups is 2. The highest BCUT2D eigenvalue weighted by Crippen LogP contribution is 2.38. The first-order valence-corrected chi connectivity index (χ1v) is 9.14. The second kappa shape index (κ2) is 7.25. The van der Waals surface area contributed by atoms with Crippen molar-refractivity contribution in [3.63, 3.8) is 0 Å². The van der Waals surface area contributed by atoms with Crippen LogP contribution < -0.4 is 5.32 Å². The topological polar surface area (TPSA) is 69.6 Å². The molecule has 0 aromatic heterocycles. The fourth-order valence-electron chi connectivity index (χ4n) is 3.44. The summed E-state index contributed by atoms with van der Waals surface area (Å²) in [4.78, 5) is 24.9. The molecule has 2 heterocycles. The molecule has 2 amide bonds. The third-order valence-electron chi connectivity index (χ3n) is 4.54. The van der Waals surface area contributed by atoms with Crippen LogP contribution in [0, 0.1) is 0 Å². The molecule has 2 N–H and O–H groups in total. The Morgan fingerprint density at radius 3 is 2.83 bits per heavy atom. The van der Waals surface area contributed by atoms with E-state index in [0.717, 1.165) is 24.2 Å². The summed E-state index contributed by atoms with van der Waals surface area (Å²) in [5.74, 6) is 0.219. The van der Waals surface area contributed by atoms with Crippen molar-refractivity contribution in [2.45, 2.75) is 49.6 Å². The lowest BCUT2D eigenvalue weighted by Crippen LogP contribution is -2.40. The van der Waals surface area contributed by atoms with E-state index < -0.39 is 5.97 Å². The van der Waals surface area contributed by atoms with Gasteiger partial charge in [-0.1, -0.05) is 36.8 Å². The maximum atomic E-state index is 12.3. The maximum Gasteiger partial charge on any atom is 0.318 e. The predicted molar refractivity (Wildman–Crippen MR) is 90.4 cm³/mol. The highest BCUT2D eigenvalue weighted by Gasteiger charge is 2.47. The molecule has 5 nitrogen and oxygen atoms in total. The van der Waals surface area contributed by atoms with E-state index in [-0.39, 0.29) is 24.5 Å². The Labute approximate surface area is 140 Å². The molecule has 0 spiro atoms. The average Bonchev–Trinajstić information content (AvgIpc) is 3.05. The van der Waals surface area contributed by atoms with Crippen molar-refractivity contribution in [2.75, 3.05) is 5.75 Å². The Kier molecular flexibility index (Phi) is 5.10. The van der Waals surface area contributed by atoms with Gasteiger partial charge in [-0.15, -0.1) is 0 Å². The zero-order chi connectivity index (χ0) is 16.2. The van der Waals surface area contributed by atoms with Crippen LogP contribution in [0.4, 0.5) is 4.79 Å². The summed E-state index contributed by atoms with van der Waals surface area (Å²) in [5, 5.41) is 12.2. The van der Waals surface area contributed by atoms with Crippen molar-refractivity contribution in [3.05, 3.63) is 35.9 Å². The van der Waals surface area contributed by atoms with Gasteiger partial charge in [0.1, 0.15) is 0 Å². The van der Waals surface area contributed by atoms with Crippen LogP contribution in [0.1, 0.15) is 31.2 Å². The molecule has 124 valence electrons. The number of carbonyl (C=O) groups excluding carboxylic acids is 1. The maximum absolute atomic E-state index is 12.3. The molecule has 2 saturated heterocycles. The third kappa shape index (κ3) is 3.80. The SMILES string of the molecule is O=C(O)CCCCC1SCC2NC(=O)N(Cc3ccccc3)C21. The predicted octanol–water partition coefficient (Wildman–Crippen LogP) is 2.71. The van der Waals surface area contributed by atoms with E-state index in [2.05, 4.69) is 5.32 Å². The van der Waals surface area contributed by atoms with Crippen molar-refractivity contribution in [1.29, 1.82) is 0 Å². The van der Waals surface area contributed by atoms with Crippen molar-refractivity contribution < 1.29 is 14.7 Å². The molecular weight excluding hydrogens is 312 g/mol. The molecule has 0 saturated carbocycles. The highest BCUT2D eigenvalue weighted by molar-refractivity contribution is 8.00. The van der Waals surface area contributed by atoms with E-state index in [9.17, 15) is 9.59 Å². The van der Waals surface area contributed by atoms with Crippen LogP contribution >= 0.6 is 11.8 Å². The quantitative estimate of drug-likeness (QED) is 0.594. The van der Waals surface area contributed by atoms with Crippen molar-refractivity contribution in [3.8, 4) is 0 Å². The first-order valence-electron chi connectivity index (χ1n) is 8.09. The van der Waals surface area contributed by atoms with Gasteiger partial charge in [0.2, 0.25) is 0 Å². The molecular formula is C17H22N2O3S. The Hall–Kier alpha value is -1.69. The number of fused-ring (bicyclic) bond motifs is 1. The van der Waals surface area contributed by atoms with Gasteiger partial charge < -0.3 is 15.3 Å². The molecule has 3 unspecified atom stereocenters. The zero-order valence-electron chi connectivity index (χ0n) is 13.0. The van der Waals surface area contributed by atoms with Gasteiger partial charge in [0.25, 0.3) is 0 Å². The van der Waals surface area contributed by atoms with Gasteiger partial charge in [-0.05, 0) is 18.4 Å². The second-order valence-corrected chi connectivity index (χ2v) is 7.44. The standard InChI is InChI=1S/C17H22N2O3S/c20-15(21)9-5-4-8-14-16-13(11-23-14)18-17(22)19(16)10-12-6-2-1-3-7-12/h1-3,6-7,13-14,16H,4-5,8-11H2,(H,18,22)(H,20,21). The number of nitrogens with one attached hydrogen (secondary N) is 1. The van der Waals surface area contributed by atoms with E-state index in [1.807, 2.05) is 47.0 Å². The number of rotatable bonds is 7. The normalized spacial score (nSPS) is 26.2. The van der Waals surface area contributed by atoms with E-state index in [4.69, 9.17) is 5.11 Å². The minimum atomic E-state index is -0.731. The number of thioether (sulfide) groups is 1. The molecule has 23 heavy (non-hydrogen) atoms. The number of urea groups is 1. The molecule has 1 aromatic carbocycles. The number of benzene rings is 1. The van der Waals surface area contributed by atoms with E-state index in [0.29, 0.717) is 18.2 Å². The summed E-state index contributed by atoms with van der Waals surface area (Å²) in [7, 11) is 0. The molecule has 2 aliphatic heterocycles. The summed E-state index contributed by atoms with van der Waals surface area (Å²) >= 11 is 1.91. The smallest absolute Gasteiger partial charge is 0.318 e. The van der Waals surface area contributed by atoms with Crippen LogP contribution in [0.2, 0.25) is 0 Å². The van der Waals surface area contributed by atoms with E-state index in [1.165, 1.54) is 0 Å². The van der Waals surface area contributed by atoms with Gasteiger partial charge in [0.05, 0.1) is 12.1 Å². The summed E-state index contributed by atoms with van der Waals surface area (Å²) < 4.78 is 0. The number of carboxylic acid groups (broad SMARTS) is 1. The molecule has 0 aliphatic carbocycles. The summed E-state index contributed by atoms with van der Waals surface area (Å²) in [6.45, 7) is 0.639. The summed E-state index contributed by atoms with van der Waals surface area (Å²) in [6.07, 6.45) is 2.82. The lowest BCUT2D eigenvalue weighted by atomic mass is 10.0. The summed E-state index contributed by atoms with van der Waals surface area (Å²) in [6, 6.07) is 10.5. The third-order valence-corrected chi connectivity index (χ3v) is 6.03. The van der Waals surface area contributed by atoms with Gasteiger partial charge in [-0.3, -0.25) is 4.79 Å². The van der Waals surface area contributed by atoms with E-state index in [1.54, 1.807) is 0 Å². The number of aliphatic carboxylic acids is 1. The minimum absolute atomic E-state index is 0.0275. The van der Waals surface area contributed by atoms with Gasteiger partial charge in [-0.2, -0.15) is 11.8 Å². The minimum Gasteiger partial charge on any atom is -0.481 e. The van der Waals surface area contributed by atoms with Gasteiger partial charge in [-0.25, -0.2) is 4.79 Å². The van der Waals surface area contributed by atoms with E-state index >= 15 is 0 Å². The average molecular weight is 334 g/mol. The molecule has 3 atom stereocenters. The van der Waals surface area contributed by atoms with Crippen LogP contribution in [0.25, 0.3) is 0 Å². The van der Waals surface area contributed by atoms with Crippen molar-refractivity contribution >= 4 is 23.8 Å². The number of unbranched alkanes of at least 4 members (excludes halogenated alkanes) is 1. The van der Waals surface area contributed by atoms with Crippen LogP contribution in [-0.4, -0.2) is 45.1 Å². The fourth-order valence-corrected chi connectivity index (χ4v) is 5.04. The van der Waals surface area contributed by atoms with Crippen LogP contribution in [0.3, 0.4) is 0 Å². The van der Waals surface area contributed by atoms with Crippen molar-refractivity contribution in [2.24, 2.45) is 0 Å². The highest BCUT2D eigenvalue weighted by atomic mass is 32.2. The molecule has 1 aromatic rings. The monoisotopic (exact) mass is 334 g/mol. The fraction of sp³-hybridized carbons (Fsp3) is 0.529. The number of amides is 2.